The molecule has 0 aromatic carbocycles. The van der Waals surface area contributed by atoms with Crippen LogP contribution in [0.5, 0.6) is 0 Å². The zero-order valence-corrected chi connectivity index (χ0v) is 13.3. The van der Waals surface area contributed by atoms with Gasteiger partial charge in [0.25, 0.3) is 0 Å². The van der Waals surface area contributed by atoms with E-state index >= 15 is 0 Å². The first kappa shape index (κ1) is 15.9. The molecule has 0 aliphatic heterocycles. The molecule has 1 unspecified atom stereocenters. The van der Waals surface area contributed by atoms with Crippen molar-refractivity contribution in [2.24, 2.45) is 0 Å². The molecule has 0 aliphatic carbocycles. The lowest BCUT2D eigenvalue weighted by molar-refractivity contribution is 0.463. The summed E-state index contributed by atoms with van der Waals surface area (Å²) < 4.78 is 2.03. The van der Waals surface area contributed by atoms with Crippen LogP contribution in [-0.2, 0) is 0 Å². The molecule has 1 heterocycles. The molecule has 1 aromatic heterocycles. The van der Waals surface area contributed by atoms with E-state index in [2.05, 4.69) is 38.1 Å². The lowest BCUT2D eigenvalue weighted by atomic mass is 10.2. The van der Waals surface area contributed by atoms with Crippen molar-refractivity contribution in [1.82, 2.24) is 15.1 Å². The third-order valence-electron chi connectivity index (χ3n) is 2.74. The van der Waals surface area contributed by atoms with Crippen LogP contribution in [0.2, 0.25) is 5.02 Å². The molecule has 5 heteroatoms. The number of thioether (sulfide) groups is 1. The molecule has 0 spiro atoms. The number of aromatic nitrogens is 2. The van der Waals surface area contributed by atoms with E-state index in [1.807, 2.05) is 16.4 Å². The molecule has 0 radical (unpaired) electrons. The number of hydrogen-bond acceptors (Lipinski definition) is 3. The summed E-state index contributed by atoms with van der Waals surface area (Å²) in [6, 6.07) is 0.623. The molecule has 1 aromatic rings. The van der Waals surface area contributed by atoms with E-state index < -0.39 is 0 Å². The quantitative estimate of drug-likeness (QED) is 0.787. The highest BCUT2D eigenvalue weighted by atomic mass is 35.5. The van der Waals surface area contributed by atoms with E-state index in [0.29, 0.717) is 6.04 Å². The van der Waals surface area contributed by atoms with Crippen LogP contribution in [0.3, 0.4) is 0 Å². The number of rotatable bonds is 8. The lowest BCUT2D eigenvalue weighted by Gasteiger charge is -2.21. The van der Waals surface area contributed by atoms with Crippen molar-refractivity contribution in [3.8, 4) is 0 Å². The Labute approximate surface area is 120 Å². The molecule has 1 N–H and O–H groups in total. The van der Waals surface area contributed by atoms with Crippen molar-refractivity contribution in [2.45, 2.75) is 46.2 Å². The van der Waals surface area contributed by atoms with Crippen LogP contribution in [0.4, 0.5) is 0 Å². The monoisotopic (exact) mass is 289 g/mol. The third-order valence-corrected chi connectivity index (χ3v) is 4.00. The van der Waals surface area contributed by atoms with Crippen molar-refractivity contribution in [1.29, 1.82) is 0 Å². The summed E-state index contributed by atoms with van der Waals surface area (Å²) in [7, 11) is 0. The minimum atomic E-state index is 0.285. The van der Waals surface area contributed by atoms with Crippen LogP contribution in [0.1, 0.15) is 51.9 Å². The molecule has 0 saturated heterocycles. The van der Waals surface area contributed by atoms with Crippen molar-refractivity contribution in [3.63, 3.8) is 0 Å². The fourth-order valence-electron chi connectivity index (χ4n) is 1.88. The standard InChI is InChI=1S/C13H24ClN3S/c1-5-7-15-12(9-18-6-2)13-11(14)8-16-17(13)10(3)4/h8,10,12,15H,5-7,9H2,1-4H3. The van der Waals surface area contributed by atoms with Gasteiger partial charge in [0.15, 0.2) is 0 Å². The van der Waals surface area contributed by atoms with Crippen molar-refractivity contribution in [2.75, 3.05) is 18.1 Å². The smallest absolute Gasteiger partial charge is 0.0834 e. The fraction of sp³-hybridized carbons (Fsp3) is 0.769. The molecule has 3 nitrogen and oxygen atoms in total. The van der Waals surface area contributed by atoms with Crippen LogP contribution in [0.25, 0.3) is 0 Å². The summed E-state index contributed by atoms with van der Waals surface area (Å²) >= 11 is 8.24. The van der Waals surface area contributed by atoms with Gasteiger partial charge in [-0.15, -0.1) is 0 Å². The van der Waals surface area contributed by atoms with Crippen LogP contribution < -0.4 is 5.32 Å². The molecule has 0 aliphatic rings. The molecule has 0 bridgehead atoms. The maximum atomic E-state index is 6.31. The Morgan fingerprint density at radius 2 is 2.17 bits per heavy atom. The Kier molecular flexibility index (Phi) is 7.12. The predicted molar refractivity (Wildman–Crippen MR) is 81.7 cm³/mol. The zero-order valence-electron chi connectivity index (χ0n) is 11.7. The number of nitrogens with zero attached hydrogens (tertiary/aromatic N) is 2. The van der Waals surface area contributed by atoms with Crippen LogP contribution in [0, 0.1) is 0 Å². The number of hydrogen-bond donors (Lipinski definition) is 1. The molecule has 1 atom stereocenters. The highest BCUT2D eigenvalue weighted by Gasteiger charge is 2.20. The summed E-state index contributed by atoms with van der Waals surface area (Å²) in [5, 5.41) is 8.74. The molecular weight excluding hydrogens is 266 g/mol. The Hall–Kier alpha value is -0.190. The van der Waals surface area contributed by atoms with Gasteiger partial charge in [0, 0.05) is 11.8 Å². The van der Waals surface area contributed by atoms with Crippen LogP contribution >= 0.6 is 23.4 Å². The lowest BCUT2D eigenvalue weighted by Crippen LogP contribution is -2.27. The maximum absolute atomic E-state index is 6.31. The molecule has 18 heavy (non-hydrogen) atoms. The summed E-state index contributed by atoms with van der Waals surface area (Å²) in [5.41, 5.74) is 1.13. The predicted octanol–water partition coefficient (Wildman–Crippen LogP) is 3.91. The van der Waals surface area contributed by atoms with Crippen molar-refractivity contribution >= 4 is 23.4 Å². The molecule has 0 saturated carbocycles. The first-order valence-electron chi connectivity index (χ1n) is 6.65. The van der Waals surface area contributed by atoms with Gasteiger partial charge in [-0.1, -0.05) is 25.4 Å². The first-order valence-corrected chi connectivity index (χ1v) is 8.19. The average Bonchev–Trinajstić information content (AvgIpc) is 2.72. The van der Waals surface area contributed by atoms with Gasteiger partial charge in [-0.25, -0.2) is 0 Å². The molecule has 0 fully saturated rings. The maximum Gasteiger partial charge on any atom is 0.0834 e. The highest BCUT2D eigenvalue weighted by Crippen LogP contribution is 2.27. The van der Waals surface area contributed by atoms with Crippen LogP contribution in [-0.4, -0.2) is 27.8 Å². The van der Waals surface area contributed by atoms with E-state index in [4.69, 9.17) is 11.6 Å². The second-order valence-corrected chi connectivity index (χ2v) is 6.31. The van der Waals surface area contributed by atoms with Gasteiger partial charge in [0.05, 0.1) is 23.0 Å². The molecule has 104 valence electrons. The van der Waals surface area contributed by atoms with Gasteiger partial charge in [-0.05, 0) is 32.6 Å². The molecule has 1 rings (SSSR count). The number of nitrogens with one attached hydrogen (secondary N) is 1. The summed E-state index contributed by atoms with van der Waals surface area (Å²) in [4.78, 5) is 0. The summed E-state index contributed by atoms with van der Waals surface area (Å²) in [6.07, 6.45) is 2.88. The Bertz CT molecular complexity index is 344. The molecular formula is C13H24ClN3S. The first-order chi connectivity index (χ1) is 8.61. The molecule has 0 amide bonds. The summed E-state index contributed by atoms with van der Waals surface area (Å²) in [6.45, 7) is 9.64. The Morgan fingerprint density at radius 3 is 2.72 bits per heavy atom. The largest absolute Gasteiger partial charge is 0.308 e. The summed E-state index contributed by atoms with van der Waals surface area (Å²) in [5.74, 6) is 2.16. The van der Waals surface area contributed by atoms with E-state index in [1.165, 1.54) is 0 Å². The minimum absolute atomic E-state index is 0.285. The van der Waals surface area contributed by atoms with Gasteiger partial charge < -0.3 is 5.32 Å². The van der Waals surface area contributed by atoms with Gasteiger partial charge in [0.1, 0.15) is 0 Å². The number of halogens is 1. The fourth-order valence-corrected chi connectivity index (χ4v) is 2.89. The SMILES string of the molecule is CCCNC(CSCC)c1c(Cl)cnn1C(C)C. The Balaban J connectivity index is 2.91. The van der Waals surface area contributed by atoms with E-state index in [-0.39, 0.29) is 6.04 Å². The second kappa shape index (κ2) is 8.08. The minimum Gasteiger partial charge on any atom is -0.308 e. The zero-order chi connectivity index (χ0) is 13.5. The van der Waals surface area contributed by atoms with Crippen LogP contribution in [0.15, 0.2) is 6.20 Å². The van der Waals surface area contributed by atoms with Gasteiger partial charge in [-0.2, -0.15) is 16.9 Å². The Morgan fingerprint density at radius 1 is 1.44 bits per heavy atom. The van der Waals surface area contributed by atoms with E-state index in [0.717, 1.165) is 35.2 Å². The van der Waals surface area contributed by atoms with Gasteiger partial charge >= 0.3 is 0 Å². The third kappa shape index (κ3) is 4.18. The van der Waals surface area contributed by atoms with E-state index in [9.17, 15) is 0 Å². The van der Waals surface area contributed by atoms with Crippen molar-refractivity contribution in [3.05, 3.63) is 16.9 Å². The van der Waals surface area contributed by atoms with E-state index in [1.54, 1.807) is 6.20 Å². The average molecular weight is 290 g/mol. The van der Waals surface area contributed by atoms with Gasteiger partial charge in [-0.3, -0.25) is 4.68 Å². The normalized spacial score (nSPS) is 13.2. The highest BCUT2D eigenvalue weighted by molar-refractivity contribution is 7.99. The second-order valence-electron chi connectivity index (χ2n) is 4.58. The van der Waals surface area contributed by atoms with Crippen molar-refractivity contribution < 1.29 is 0 Å². The topological polar surface area (TPSA) is 29.9 Å². The van der Waals surface area contributed by atoms with Gasteiger partial charge in [0.2, 0.25) is 0 Å².